The van der Waals surface area contributed by atoms with Gasteiger partial charge in [0, 0.05) is 18.8 Å². The minimum absolute atomic E-state index is 0.0636. The minimum atomic E-state index is -3.79. The minimum Gasteiger partial charge on any atom is -0.478 e. The molecule has 0 aromatic heterocycles. The van der Waals surface area contributed by atoms with Crippen LogP contribution < -0.4 is 9.62 Å². The number of benzene rings is 2. The van der Waals surface area contributed by atoms with E-state index in [2.05, 4.69) is 4.72 Å². The zero-order valence-electron chi connectivity index (χ0n) is 14.5. The van der Waals surface area contributed by atoms with E-state index in [4.69, 9.17) is 0 Å². The van der Waals surface area contributed by atoms with Gasteiger partial charge >= 0.3 is 5.97 Å². The van der Waals surface area contributed by atoms with Crippen molar-refractivity contribution in [2.75, 3.05) is 22.7 Å². The van der Waals surface area contributed by atoms with Crippen molar-refractivity contribution in [1.29, 1.82) is 0 Å². The predicted molar refractivity (Wildman–Crippen MR) is 98.9 cm³/mol. The van der Waals surface area contributed by atoms with Gasteiger partial charge in [-0.25, -0.2) is 13.2 Å². The van der Waals surface area contributed by atoms with Gasteiger partial charge in [0.05, 0.1) is 16.1 Å². The third-order valence-corrected chi connectivity index (χ3v) is 5.51. The SMILES string of the molecule is CCN(CC)c1ccc(NS(=O)(=O)c2ccccc2C)cc1C(=O)O. The molecule has 0 amide bonds. The second-order valence-electron chi connectivity index (χ2n) is 5.58. The number of rotatable bonds is 7. The summed E-state index contributed by atoms with van der Waals surface area (Å²) in [6.07, 6.45) is 0. The van der Waals surface area contributed by atoms with Gasteiger partial charge in [0.15, 0.2) is 0 Å². The van der Waals surface area contributed by atoms with Crippen molar-refractivity contribution in [3.8, 4) is 0 Å². The van der Waals surface area contributed by atoms with Crippen molar-refractivity contribution in [1.82, 2.24) is 0 Å². The first-order valence-electron chi connectivity index (χ1n) is 8.00. The van der Waals surface area contributed by atoms with Crippen molar-refractivity contribution in [3.63, 3.8) is 0 Å². The number of sulfonamides is 1. The molecule has 2 aromatic rings. The van der Waals surface area contributed by atoms with Crippen LogP contribution in [0.1, 0.15) is 29.8 Å². The van der Waals surface area contributed by atoms with Crippen LogP contribution in [-0.2, 0) is 10.0 Å². The molecule has 0 saturated carbocycles. The Labute approximate surface area is 148 Å². The average molecular weight is 362 g/mol. The van der Waals surface area contributed by atoms with Gasteiger partial charge in [-0.1, -0.05) is 18.2 Å². The molecule has 0 fully saturated rings. The van der Waals surface area contributed by atoms with Crippen LogP contribution in [-0.4, -0.2) is 32.6 Å². The third kappa shape index (κ3) is 4.11. The summed E-state index contributed by atoms with van der Waals surface area (Å²) in [5.74, 6) is -1.10. The van der Waals surface area contributed by atoms with Crippen LogP contribution in [0.2, 0.25) is 0 Å². The number of nitrogens with one attached hydrogen (secondary N) is 1. The van der Waals surface area contributed by atoms with Crippen LogP contribution in [0, 0.1) is 6.92 Å². The van der Waals surface area contributed by atoms with Crippen molar-refractivity contribution in [2.24, 2.45) is 0 Å². The predicted octanol–water partition coefficient (Wildman–Crippen LogP) is 3.34. The molecule has 7 heteroatoms. The highest BCUT2D eigenvalue weighted by atomic mass is 32.2. The Morgan fingerprint density at radius 1 is 1.12 bits per heavy atom. The van der Waals surface area contributed by atoms with E-state index in [0.29, 0.717) is 24.3 Å². The normalized spacial score (nSPS) is 11.2. The highest BCUT2D eigenvalue weighted by molar-refractivity contribution is 7.92. The number of carboxylic acid groups (broad SMARTS) is 1. The lowest BCUT2D eigenvalue weighted by atomic mass is 10.1. The van der Waals surface area contributed by atoms with Crippen molar-refractivity contribution < 1.29 is 18.3 Å². The molecule has 0 aliphatic carbocycles. The summed E-state index contributed by atoms with van der Waals surface area (Å²) in [5, 5.41) is 9.49. The van der Waals surface area contributed by atoms with Crippen LogP contribution >= 0.6 is 0 Å². The highest BCUT2D eigenvalue weighted by Gasteiger charge is 2.19. The maximum Gasteiger partial charge on any atom is 0.337 e. The third-order valence-electron chi connectivity index (χ3n) is 3.97. The fraction of sp³-hybridized carbons (Fsp3) is 0.278. The van der Waals surface area contributed by atoms with E-state index >= 15 is 0 Å². The molecule has 0 aliphatic heterocycles. The molecule has 0 radical (unpaired) electrons. The molecule has 0 saturated heterocycles. The first-order valence-corrected chi connectivity index (χ1v) is 9.49. The number of aromatic carboxylic acids is 1. The highest BCUT2D eigenvalue weighted by Crippen LogP contribution is 2.26. The quantitative estimate of drug-likeness (QED) is 0.789. The summed E-state index contributed by atoms with van der Waals surface area (Å²) in [6, 6.07) is 11.2. The number of anilines is 2. The molecule has 0 aliphatic rings. The lowest BCUT2D eigenvalue weighted by molar-refractivity contribution is 0.0697. The Hall–Kier alpha value is -2.54. The summed E-state index contributed by atoms with van der Waals surface area (Å²) in [5.41, 5.74) is 1.47. The Balaban J connectivity index is 2.43. The Bertz CT molecular complexity index is 874. The summed E-state index contributed by atoms with van der Waals surface area (Å²) in [6.45, 7) is 6.89. The monoisotopic (exact) mass is 362 g/mol. The summed E-state index contributed by atoms with van der Waals surface area (Å²) >= 11 is 0. The van der Waals surface area contributed by atoms with Crippen molar-refractivity contribution in [2.45, 2.75) is 25.7 Å². The topological polar surface area (TPSA) is 86.7 Å². The first-order chi connectivity index (χ1) is 11.8. The molecule has 2 rings (SSSR count). The van der Waals surface area contributed by atoms with Crippen LogP contribution in [0.15, 0.2) is 47.4 Å². The van der Waals surface area contributed by atoms with E-state index in [9.17, 15) is 18.3 Å². The van der Waals surface area contributed by atoms with Crippen LogP contribution in [0.25, 0.3) is 0 Å². The number of carbonyl (C=O) groups is 1. The fourth-order valence-corrected chi connectivity index (χ4v) is 3.98. The van der Waals surface area contributed by atoms with Gasteiger partial charge in [-0.2, -0.15) is 0 Å². The van der Waals surface area contributed by atoms with E-state index in [1.807, 2.05) is 18.7 Å². The van der Waals surface area contributed by atoms with Gasteiger partial charge in [-0.05, 0) is 50.6 Å². The summed E-state index contributed by atoms with van der Waals surface area (Å²) in [7, 11) is -3.79. The number of hydrogen-bond acceptors (Lipinski definition) is 4. The lowest BCUT2D eigenvalue weighted by Gasteiger charge is -2.23. The Kier molecular flexibility index (Phi) is 5.69. The van der Waals surface area contributed by atoms with Crippen molar-refractivity contribution >= 4 is 27.4 Å². The van der Waals surface area contributed by atoms with Gasteiger partial charge in [0.2, 0.25) is 0 Å². The van der Waals surface area contributed by atoms with E-state index in [1.165, 1.54) is 12.1 Å². The van der Waals surface area contributed by atoms with E-state index in [-0.39, 0.29) is 16.1 Å². The molecule has 0 spiro atoms. The second kappa shape index (κ2) is 7.57. The second-order valence-corrected chi connectivity index (χ2v) is 7.23. The van der Waals surface area contributed by atoms with Crippen molar-refractivity contribution in [3.05, 3.63) is 53.6 Å². The molecule has 2 aromatic carbocycles. The smallest absolute Gasteiger partial charge is 0.337 e. The van der Waals surface area contributed by atoms with Crippen LogP contribution in [0.3, 0.4) is 0 Å². The molecule has 0 unspecified atom stereocenters. The molecule has 0 heterocycles. The molecular weight excluding hydrogens is 340 g/mol. The lowest BCUT2D eigenvalue weighted by Crippen LogP contribution is -2.24. The van der Waals surface area contributed by atoms with Crippen LogP contribution in [0.5, 0.6) is 0 Å². The van der Waals surface area contributed by atoms with E-state index in [0.717, 1.165) is 0 Å². The van der Waals surface area contributed by atoms with Gasteiger partial charge in [-0.15, -0.1) is 0 Å². The average Bonchev–Trinajstić information content (AvgIpc) is 2.56. The zero-order chi connectivity index (χ0) is 18.6. The zero-order valence-corrected chi connectivity index (χ0v) is 15.3. The molecule has 0 atom stereocenters. The van der Waals surface area contributed by atoms with E-state index in [1.54, 1.807) is 37.3 Å². The van der Waals surface area contributed by atoms with Gasteiger partial charge in [0.1, 0.15) is 0 Å². The largest absolute Gasteiger partial charge is 0.478 e. The molecule has 6 nitrogen and oxygen atoms in total. The van der Waals surface area contributed by atoms with Gasteiger partial charge in [0.25, 0.3) is 10.0 Å². The maximum atomic E-state index is 12.6. The molecule has 0 bridgehead atoms. The Morgan fingerprint density at radius 3 is 2.32 bits per heavy atom. The van der Waals surface area contributed by atoms with Gasteiger partial charge in [-0.3, -0.25) is 4.72 Å². The van der Waals surface area contributed by atoms with Gasteiger partial charge < -0.3 is 10.0 Å². The first kappa shape index (κ1) is 18.8. The number of carboxylic acids is 1. The number of nitrogens with zero attached hydrogens (tertiary/aromatic N) is 1. The van der Waals surface area contributed by atoms with E-state index < -0.39 is 16.0 Å². The Morgan fingerprint density at radius 2 is 1.76 bits per heavy atom. The molecular formula is C18H22N2O4S. The number of aryl methyl sites for hydroxylation is 1. The van der Waals surface area contributed by atoms with Crippen LogP contribution in [0.4, 0.5) is 11.4 Å². The molecule has 25 heavy (non-hydrogen) atoms. The molecule has 134 valence electrons. The summed E-state index contributed by atoms with van der Waals surface area (Å²) < 4.78 is 27.6. The standard InChI is InChI=1S/C18H22N2O4S/c1-4-20(5-2)16-11-10-14(12-15(16)18(21)22)19-25(23,24)17-9-7-6-8-13(17)3/h6-12,19H,4-5H2,1-3H3,(H,21,22). The molecule has 2 N–H and O–H groups in total. The maximum absolute atomic E-state index is 12.6. The number of hydrogen-bond donors (Lipinski definition) is 2. The summed E-state index contributed by atoms with van der Waals surface area (Å²) in [4.78, 5) is 13.7. The fourth-order valence-electron chi connectivity index (χ4n) is 2.68.